The SMILES string of the molecule is CN(CC1C(N)C(C)(C)OC1(C)C)C1CCSC1. The first kappa shape index (κ1) is 14.6. The predicted molar refractivity (Wildman–Crippen MR) is 79.1 cm³/mol. The van der Waals surface area contributed by atoms with Crippen molar-refractivity contribution in [2.75, 3.05) is 25.1 Å². The van der Waals surface area contributed by atoms with Crippen LogP contribution in [0.3, 0.4) is 0 Å². The zero-order valence-electron chi connectivity index (χ0n) is 12.4. The molecule has 0 bridgehead atoms. The van der Waals surface area contributed by atoms with Crippen LogP contribution in [0.1, 0.15) is 34.1 Å². The van der Waals surface area contributed by atoms with Crippen molar-refractivity contribution in [2.45, 2.75) is 57.4 Å². The Hall–Kier alpha value is 0.230. The lowest BCUT2D eigenvalue weighted by molar-refractivity contribution is -0.0785. The van der Waals surface area contributed by atoms with Crippen molar-refractivity contribution in [1.29, 1.82) is 0 Å². The van der Waals surface area contributed by atoms with E-state index in [1.807, 2.05) is 0 Å². The second kappa shape index (κ2) is 4.97. The molecule has 0 aromatic heterocycles. The molecule has 2 heterocycles. The van der Waals surface area contributed by atoms with Crippen LogP contribution in [0.4, 0.5) is 0 Å². The molecule has 2 fully saturated rings. The zero-order chi connectivity index (χ0) is 13.6. The Morgan fingerprint density at radius 1 is 1.28 bits per heavy atom. The van der Waals surface area contributed by atoms with Crippen molar-refractivity contribution in [2.24, 2.45) is 11.7 Å². The van der Waals surface area contributed by atoms with Crippen LogP contribution in [0.25, 0.3) is 0 Å². The summed E-state index contributed by atoms with van der Waals surface area (Å²) in [5.41, 5.74) is 6.09. The molecule has 2 aliphatic rings. The molecular weight excluding hydrogens is 244 g/mol. The maximum atomic E-state index is 6.42. The van der Waals surface area contributed by atoms with Gasteiger partial charge in [0.2, 0.25) is 0 Å². The Morgan fingerprint density at radius 3 is 2.39 bits per heavy atom. The molecule has 0 radical (unpaired) electrons. The molecule has 0 aromatic rings. The lowest BCUT2D eigenvalue weighted by Gasteiger charge is -2.33. The van der Waals surface area contributed by atoms with Gasteiger partial charge in [-0.05, 0) is 46.9 Å². The lowest BCUT2D eigenvalue weighted by atomic mass is 9.82. The summed E-state index contributed by atoms with van der Waals surface area (Å²) in [7, 11) is 2.24. The average molecular weight is 272 g/mol. The lowest BCUT2D eigenvalue weighted by Crippen LogP contribution is -2.49. The largest absolute Gasteiger partial charge is 0.368 e. The minimum Gasteiger partial charge on any atom is -0.368 e. The van der Waals surface area contributed by atoms with Crippen molar-refractivity contribution >= 4 is 11.8 Å². The monoisotopic (exact) mass is 272 g/mol. The van der Waals surface area contributed by atoms with E-state index in [1.54, 1.807) is 0 Å². The van der Waals surface area contributed by atoms with Crippen LogP contribution in [0, 0.1) is 5.92 Å². The molecule has 18 heavy (non-hydrogen) atoms. The third-order valence-electron chi connectivity index (χ3n) is 4.67. The van der Waals surface area contributed by atoms with Crippen LogP contribution in [0.15, 0.2) is 0 Å². The van der Waals surface area contributed by atoms with E-state index in [1.165, 1.54) is 17.9 Å². The van der Waals surface area contributed by atoms with Gasteiger partial charge in [-0.3, -0.25) is 0 Å². The molecule has 2 N–H and O–H groups in total. The van der Waals surface area contributed by atoms with E-state index >= 15 is 0 Å². The number of ether oxygens (including phenoxy) is 1. The molecule has 2 rings (SSSR count). The second-order valence-electron chi connectivity index (χ2n) is 6.90. The summed E-state index contributed by atoms with van der Waals surface area (Å²) < 4.78 is 6.17. The van der Waals surface area contributed by atoms with Gasteiger partial charge in [0.25, 0.3) is 0 Å². The maximum absolute atomic E-state index is 6.42. The minimum atomic E-state index is -0.209. The first-order valence-electron chi connectivity index (χ1n) is 6.98. The first-order valence-corrected chi connectivity index (χ1v) is 8.13. The van der Waals surface area contributed by atoms with Gasteiger partial charge >= 0.3 is 0 Å². The number of hydrogen-bond acceptors (Lipinski definition) is 4. The fourth-order valence-electron chi connectivity index (χ4n) is 3.40. The first-order chi connectivity index (χ1) is 8.24. The van der Waals surface area contributed by atoms with Crippen molar-refractivity contribution in [1.82, 2.24) is 4.90 Å². The highest BCUT2D eigenvalue weighted by Gasteiger charge is 2.52. The summed E-state index contributed by atoms with van der Waals surface area (Å²) in [6.07, 6.45) is 1.31. The molecule has 106 valence electrons. The minimum absolute atomic E-state index is 0.115. The van der Waals surface area contributed by atoms with Gasteiger partial charge in [0.1, 0.15) is 0 Å². The molecule has 0 saturated carbocycles. The van der Waals surface area contributed by atoms with Crippen LogP contribution in [0.2, 0.25) is 0 Å². The van der Waals surface area contributed by atoms with Crippen molar-refractivity contribution in [3.05, 3.63) is 0 Å². The van der Waals surface area contributed by atoms with E-state index in [4.69, 9.17) is 10.5 Å². The highest BCUT2D eigenvalue weighted by molar-refractivity contribution is 7.99. The van der Waals surface area contributed by atoms with Gasteiger partial charge in [-0.1, -0.05) is 0 Å². The van der Waals surface area contributed by atoms with E-state index in [-0.39, 0.29) is 17.2 Å². The van der Waals surface area contributed by atoms with Gasteiger partial charge in [0.05, 0.1) is 11.2 Å². The third-order valence-corrected chi connectivity index (χ3v) is 5.81. The molecule has 0 aliphatic carbocycles. The fourth-order valence-corrected chi connectivity index (χ4v) is 4.70. The van der Waals surface area contributed by atoms with E-state index in [0.717, 1.165) is 12.6 Å². The Bertz CT molecular complexity index is 300. The van der Waals surface area contributed by atoms with Crippen LogP contribution >= 0.6 is 11.8 Å². The van der Waals surface area contributed by atoms with Gasteiger partial charge in [-0.15, -0.1) is 0 Å². The predicted octanol–water partition coefficient (Wildman–Crippen LogP) is 1.95. The summed E-state index contributed by atoms with van der Waals surface area (Å²) in [5, 5.41) is 0. The number of nitrogens with two attached hydrogens (primary N) is 1. The van der Waals surface area contributed by atoms with Crippen LogP contribution in [-0.4, -0.2) is 53.3 Å². The van der Waals surface area contributed by atoms with E-state index in [0.29, 0.717) is 5.92 Å². The standard InChI is InChI=1S/C14H28N2OS/c1-13(2)11(12(15)14(3,4)17-13)8-16(5)10-6-7-18-9-10/h10-12H,6-9,15H2,1-5H3. The average Bonchev–Trinajstić information content (AvgIpc) is 2.79. The van der Waals surface area contributed by atoms with Crippen LogP contribution in [0.5, 0.6) is 0 Å². The smallest absolute Gasteiger partial charge is 0.0788 e. The number of thioether (sulfide) groups is 1. The molecule has 3 nitrogen and oxygen atoms in total. The third kappa shape index (κ3) is 2.72. The quantitative estimate of drug-likeness (QED) is 0.852. The Kier molecular flexibility index (Phi) is 4.04. The molecule has 0 amide bonds. The van der Waals surface area contributed by atoms with E-state index < -0.39 is 0 Å². The summed E-state index contributed by atoms with van der Waals surface area (Å²) >= 11 is 2.06. The zero-order valence-corrected chi connectivity index (χ0v) is 13.2. The molecule has 0 spiro atoms. The summed E-state index contributed by atoms with van der Waals surface area (Å²) in [5.74, 6) is 2.98. The summed E-state index contributed by atoms with van der Waals surface area (Å²) in [4.78, 5) is 2.50. The summed E-state index contributed by atoms with van der Waals surface area (Å²) in [6.45, 7) is 9.64. The van der Waals surface area contributed by atoms with E-state index in [2.05, 4.69) is 51.4 Å². The van der Waals surface area contributed by atoms with Gasteiger partial charge < -0.3 is 15.4 Å². The highest BCUT2D eigenvalue weighted by atomic mass is 32.2. The number of rotatable bonds is 3. The van der Waals surface area contributed by atoms with Crippen LogP contribution < -0.4 is 5.73 Å². The normalized spacial score (nSPS) is 38.5. The Labute approximate surface area is 116 Å². The van der Waals surface area contributed by atoms with Gasteiger partial charge in [0, 0.05) is 30.3 Å². The molecule has 3 atom stereocenters. The van der Waals surface area contributed by atoms with E-state index in [9.17, 15) is 0 Å². The Balaban J connectivity index is 2.03. The van der Waals surface area contributed by atoms with Gasteiger partial charge in [0.15, 0.2) is 0 Å². The number of hydrogen-bond donors (Lipinski definition) is 1. The molecule has 2 aliphatic heterocycles. The van der Waals surface area contributed by atoms with Gasteiger partial charge in [-0.25, -0.2) is 0 Å². The number of nitrogens with zero attached hydrogens (tertiary/aromatic N) is 1. The molecule has 2 saturated heterocycles. The maximum Gasteiger partial charge on any atom is 0.0788 e. The Morgan fingerprint density at radius 2 is 1.94 bits per heavy atom. The molecule has 4 heteroatoms. The fraction of sp³-hybridized carbons (Fsp3) is 1.00. The van der Waals surface area contributed by atoms with Crippen molar-refractivity contribution < 1.29 is 4.74 Å². The topological polar surface area (TPSA) is 38.5 Å². The van der Waals surface area contributed by atoms with Crippen molar-refractivity contribution in [3.8, 4) is 0 Å². The van der Waals surface area contributed by atoms with Crippen molar-refractivity contribution in [3.63, 3.8) is 0 Å². The molecular formula is C14H28N2OS. The highest BCUT2D eigenvalue weighted by Crippen LogP contribution is 2.41. The summed E-state index contributed by atoms with van der Waals surface area (Å²) in [6, 6.07) is 0.839. The van der Waals surface area contributed by atoms with Crippen LogP contribution in [-0.2, 0) is 4.74 Å². The second-order valence-corrected chi connectivity index (χ2v) is 8.05. The van der Waals surface area contributed by atoms with Gasteiger partial charge in [-0.2, -0.15) is 11.8 Å². The molecule has 0 aromatic carbocycles. The molecule has 3 unspecified atom stereocenters.